The van der Waals surface area contributed by atoms with Crippen LogP contribution in [0.3, 0.4) is 0 Å². The molecule has 0 atom stereocenters. The number of ether oxygens (including phenoxy) is 2. The first kappa shape index (κ1) is 28.4. The third-order valence-corrected chi connectivity index (χ3v) is 8.42. The molecule has 1 aromatic carbocycles. The van der Waals surface area contributed by atoms with Crippen LogP contribution in [0.25, 0.3) is 0 Å². The summed E-state index contributed by atoms with van der Waals surface area (Å²) in [5, 5.41) is 0. The molecule has 10 heteroatoms. The van der Waals surface area contributed by atoms with Crippen molar-refractivity contribution < 1.29 is 14.3 Å². The zero-order valence-electron chi connectivity index (χ0n) is 22.7. The average molecular weight is 545 g/mol. The second-order valence-corrected chi connectivity index (χ2v) is 10.5. The van der Waals surface area contributed by atoms with Gasteiger partial charge in [0.05, 0.1) is 14.2 Å². The standard InChI is InChI=1S/C28H40N6O3.ClH/c1-36-26-29-25(30-27(31-26)37-2)33-21-34(23-15-11-8-12-16-23)28(24(33)35)17-19-32(20-18-28)22-13-9-6-4-3-5-7-10-14-22;/h8,11-12,15-16,22H,3-7,9-10,13-14,17-21H2,1-2H3;1H. The quantitative estimate of drug-likeness (QED) is 0.528. The van der Waals surface area contributed by atoms with Crippen LogP contribution in [0, 0.1) is 0 Å². The number of piperidine rings is 1. The molecule has 1 saturated carbocycles. The fraction of sp³-hybridized carbons (Fsp3) is 0.643. The third-order valence-electron chi connectivity index (χ3n) is 8.42. The van der Waals surface area contributed by atoms with Crippen LogP contribution in [0.4, 0.5) is 11.6 Å². The van der Waals surface area contributed by atoms with Crippen molar-refractivity contribution in [2.45, 2.75) is 82.2 Å². The van der Waals surface area contributed by atoms with E-state index in [4.69, 9.17) is 9.47 Å². The number of methoxy groups -OCH3 is 2. The van der Waals surface area contributed by atoms with E-state index in [0.717, 1.165) is 31.6 Å². The highest BCUT2D eigenvalue weighted by molar-refractivity contribution is 6.05. The van der Waals surface area contributed by atoms with Crippen LogP contribution >= 0.6 is 12.4 Å². The second-order valence-electron chi connectivity index (χ2n) is 10.5. The van der Waals surface area contributed by atoms with Crippen LogP contribution in [0.1, 0.15) is 70.6 Å². The fourth-order valence-electron chi connectivity index (χ4n) is 6.33. The minimum atomic E-state index is -0.624. The first-order valence-corrected chi connectivity index (χ1v) is 13.9. The fourth-order valence-corrected chi connectivity index (χ4v) is 6.33. The van der Waals surface area contributed by atoms with Crippen molar-refractivity contribution in [2.75, 3.05) is 43.8 Å². The van der Waals surface area contributed by atoms with Crippen molar-refractivity contribution in [3.63, 3.8) is 0 Å². The number of likely N-dealkylation sites (tertiary alicyclic amines) is 1. The molecule has 0 bridgehead atoms. The van der Waals surface area contributed by atoms with Crippen LogP contribution in [-0.2, 0) is 4.79 Å². The van der Waals surface area contributed by atoms with E-state index in [0.29, 0.717) is 12.7 Å². The highest BCUT2D eigenvalue weighted by Crippen LogP contribution is 2.41. The summed E-state index contributed by atoms with van der Waals surface area (Å²) in [6, 6.07) is 11.1. The van der Waals surface area contributed by atoms with E-state index in [9.17, 15) is 4.79 Å². The number of aromatic nitrogens is 3. The van der Waals surface area contributed by atoms with Gasteiger partial charge >= 0.3 is 12.0 Å². The van der Waals surface area contributed by atoms with E-state index in [1.807, 2.05) is 18.2 Å². The Kier molecular flexibility index (Phi) is 9.65. The van der Waals surface area contributed by atoms with Gasteiger partial charge in [-0.15, -0.1) is 17.4 Å². The lowest BCUT2D eigenvalue weighted by Gasteiger charge is -2.45. The largest absolute Gasteiger partial charge is 0.467 e. The van der Waals surface area contributed by atoms with Gasteiger partial charge < -0.3 is 19.3 Å². The second kappa shape index (κ2) is 12.9. The summed E-state index contributed by atoms with van der Waals surface area (Å²) in [7, 11) is 2.99. The molecule has 0 N–H and O–H groups in total. The van der Waals surface area contributed by atoms with Crippen LogP contribution in [0.5, 0.6) is 12.0 Å². The molecule has 9 nitrogen and oxygen atoms in total. The van der Waals surface area contributed by atoms with E-state index >= 15 is 0 Å². The van der Waals surface area contributed by atoms with Crippen molar-refractivity contribution in [2.24, 2.45) is 0 Å². The van der Waals surface area contributed by atoms with Gasteiger partial charge in [0.25, 0.3) is 5.91 Å². The Labute approximate surface area is 232 Å². The maximum Gasteiger partial charge on any atom is 0.324 e. The first-order chi connectivity index (χ1) is 18.1. The van der Waals surface area contributed by atoms with Crippen molar-refractivity contribution in [3.8, 4) is 12.0 Å². The molecule has 1 aromatic heterocycles. The van der Waals surface area contributed by atoms with E-state index in [1.54, 1.807) is 4.90 Å². The molecule has 208 valence electrons. The minimum absolute atomic E-state index is 0. The summed E-state index contributed by atoms with van der Waals surface area (Å²) in [6.07, 6.45) is 13.6. The summed E-state index contributed by atoms with van der Waals surface area (Å²) in [5.74, 6) is 0.304. The number of carbonyl (C=O) groups is 1. The topological polar surface area (TPSA) is 83.9 Å². The Bertz CT molecular complexity index is 1020. The molecule has 38 heavy (non-hydrogen) atoms. The Balaban J connectivity index is 0.00000336. The molecule has 3 aliphatic rings. The molecular weight excluding hydrogens is 504 g/mol. The van der Waals surface area contributed by atoms with Gasteiger partial charge in [-0.2, -0.15) is 9.97 Å². The number of halogens is 1. The number of para-hydroxylation sites is 1. The number of benzene rings is 1. The van der Waals surface area contributed by atoms with Gasteiger partial charge in [-0.25, -0.2) is 0 Å². The molecule has 1 amide bonds. The van der Waals surface area contributed by atoms with E-state index in [-0.39, 0.29) is 36.3 Å². The number of hydrogen-bond donors (Lipinski definition) is 0. The Hall–Kier alpha value is -2.65. The molecular formula is C28H41ClN6O3. The predicted octanol–water partition coefficient (Wildman–Crippen LogP) is 4.85. The maximum absolute atomic E-state index is 14.2. The average Bonchev–Trinajstić information content (AvgIpc) is 3.23. The molecule has 3 fully saturated rings. The summed E-state index contributed by atoms with van der Waals surface area (Å²) < 4.78 is 10.5. The molecule has 0 unspecified atom stereocenters. The Morgan fingerprint density at radius 1 is 0.816 bits per heavy atom. The van der Waals surface area contributed by atoms with Crippen molar-refractivity contribution in [1.29, 1.82) is 0 Å². The van der Waals surface area contributed by atoms with Crippen LogP contribution < -0.4 is 19.3 Å². The lowest BCUT2D eigenvalue weighted by Crippen LogP contribution is -2.58. The molecule has 1 spiro atoms. The van der Waals surface area contributed by atoms with Gasteiger partial charge in [0.1, 0.15) is 12.2 Å². The summed E-state index contributed by atoms with van der Waals surface area (Å²) in [4.78, 5) is 33.7. The number of rotatable bonds is 5. The third kappa shape index (κ3) is 5.83. The minimum Gasteiger partial charge on any atom is -0.467 e. The van der Waals surface area contributed by atoms with Gasteiger partial charge in [-0.05, 0) is 37.8 Å². The maximum atomic E-state index is 14.2. The van der Waals surface area contributed by atoms with E-state index in [2.05, 4.69) is 36.9 Å². The number of hydrogen-bond acceptors (Lipinski definition) is 8. The van der Waals surface area contributed by atoms with Gasteiger partial charge in [0.2, 0.25) is 5.95 Å². The van der Waals surface area contributed by atoms with Crippen LogP contribution in [0.2, 0.25) is 0 Å². The van der Waals surface area contributed by atoms with Crippen molar-refractivity contribution >= 4 is 29.9 Å². The summed E-state index contributed by atoms with van der Waals surface area (Å²) in [5.41, 5.74) is 0.416. The van der Waals surface area contributed by atoms with Crippen molar-refractivity contribution in [1.82, 2.24) is 19.9 Å². The lowest BCUT2D eigenvalue weighted by atomic mass is 9.84. The molecule has 1 aliphatic carbocycles. The normalized spacial score (nSPS) is 21.3. The zero-order chi connectivity index (χ0) is 25.7. The highest BCUT2D eigenvalue weighted by Gasteiger charge is 2.55. The molecule has 2 saturated heterocycles. The zero-order valence-corrected chi connectivity index (χ0v) is 23.5. The van der Waals surface area contributed by atoms with Gasteiger partial charge in [0.15, 0.2) is 0 Å². The number of anilines is 2. The van der Waals surface area contributed by atoms with Crippen LogP contribution in [-0.4, -0.2) is 71.3 Å². The lowest BCUT2D eigenvalue weighted by molar-refractivity contribution is -0.123. The predicted molar refractivity (Wildman–Crippen MR) is 150 cm³/mol. The van der Waals surface area contributed by atoms with Gasteiger partial charge in [-0.1, -0.05) is 63.1 Å². The Morgan fingerprint density at radius 3 is 1.92 bits per heavy atom. The molecule has 0 radical (unpaired) electrons. The molecule has 2 aromatic rings. The number of nitrogens with zero attached hydrogens (tertiary/aromatic N) is 6. The van der Waals surface area contributed by atoms with Crippen LogP contribution in [0.15, 0.2) is 30.3 Å². The molecule has 5 rings (SSSR count). The summed E-state index contributed by atoms with van der Waals surface area (Å²) in [6.45, 7) is 2.23. The van der Waals surface area contributed by atoms with E-state index < -0.39 is 5.54 Å². The van der Waals surface area contributed by atoms with E-state index in [1.165, 1.54) is 72.0 Å². The monoisotopic (exact) mass is 544 g/mol. The summed E-state index contributed by atoms with van der Waals surface area (Å²) >= 11 is 0. The molecule has 3 heterocycles. The molecule has 2 aliphatic heterocycles. The number of amides is 1. The number of carbonyl (C=O) groups excluding carboxylic acids is 1. The van der Waals surface area contributed by atoms with Gasteiger partial charge in [0, 0.05) is 24.8 Å². The SMILES string of the molecule is COc1nc(OC)nc(N2CN(c3ccccc3)C3(CCN(C4CCCCCCCCC4)CC3)C2=O)n1.Cl. The highest BCUT2D eigenvalue weighted by atomic mass is 35.5. The Morgan fingerprint density at radius 2 is 1.37 bits per heavy atom. The first-order valence-electron chi connectivity index (χ1n) is 13.9. The smallest absolute Gasteiger partial charge is 0.324 e. The van der Waals surface area contributed by atoms with Gasteiger partial charge in [-0.3, -0.25) is 9.69 Å². The van der Waals surface area contributed by atoms with Crippen molar-refractivity contribution in [3.05, 3.63) is 30.3 Å².